The van der Waals surface area contributed by atoms with Crippen LogP contribution in [0.5, 0.6) is 11.5 Å². The zero-order valence-electron chi connectivity index (χ0n) is 31.8. The molecule has 19 heteroatoms. The van der Waals surface area contributed by atoms with Gasteiger partial charge in [-0.15, -0.1) is 6.58 Å². The molecule has 0 saturated carbocycles. The van der Waals surface area contributed by atoms with Crippen LogP contribution in [0.4, 0.5) is 0 Å². The SMILES string of the molecule is C=C[C@H]1[C@H](O[C@@H]2O[C@H](COC(C)=O)[C@@H](C(=O)c3cccc(O[C@@H]4O[C@H](CO)[C@@H](O)[C@@H](O)[C@H]4O)c3O)[C@@H](OC(C)=O)[C@H]2OC(=O)c2ccccc2)OC=C2C(=O)OCC[C@H]21. The van der Waals surface area contributed by atoms with Gasteiger partial charge in [0.2, 0.25) is 18.9 Å². The minimum Gasteiger partial charge on any atom is -0.504 e. The Morgan fingerprint density at radius 1 is 0.864 bits per heavy atom. The first kappa shape index (κ1) is 43.2. The molecule has 13 atom stereocenters. The summed E-state index contributed by atoms with van der Waals surface area (Å²) < 4.78 is 51.6. The molecule has 5 N–H and O–H groups in total. The van der Waals surface area contributed by atoms with E-state index in [0.717, 1.165) is 13.8 Å². The van der Waals surface area contributed by atoms with Crippen LogP contribution in [0, 0.1) is 17.8 Å². The number of carbonyl (C=O) groups is 5. The van der Waals surface area contributed by atoms with Gasteiger partial charge < -0.3 is 68.2 Å². The van der Waals surface area contributed by atoms with Gasteiger partial charge in [-0.2, -0.15) is 0 Å². The van der Waals surface area contributed by atoms with Gasteiger partial charge in [0.15, 0.2) is 29.5 Å². The van der Waals surface area contributed by atoms with Gasteiger partial charge >= 0.3 is 23.9 Å². The minimum atomic E-state index is -1.88. The highest BCUT2D eigenvalue weighted by Gasteiger charge is 2.56. The van der Waals surface area contributed by atoms with Crippen LogP contribution in [0.25, 0.3) is 0 Å². The van der Waals surface area contributed by atoms with Crippen LogP contribution in [-0.4, -0.2) is 137 Å². The molecule has 6 rings (SSSR count). The number of para-hydroxylation sites is 1. The predicted octanol–water partition coefficient (Wildman–Crippen LogP) is 0.437. The van der Waals surface area contributed by atoms with Gasteiger partial charge in [0.25, 0.3) is 0 Å². The molecule has 4 aliphatic heterocycles. The Hall–Kier alpha value is -5.41. The average molecular weight is 829 g/mol. The maximum atomic E-state index is 14.8. The molecule has 59 heavy (non-hydrogen) atoms. The van der Waals surface area contributed by atoms with Crippen LogP contribution >= 0.6 is 0 Å². The number of aliphatic hydroxyl groups is 4. The number of hydrogen-bond donors (Lipinski definition) is 5. The van der Waals surface area contributed by atoms with Gasteiger partial charge in [-0.25, -0.2) is 9.59 Å². The van der Waals surface area contributed by atoms with Crippen molar-refractivity contribution in [2.75, 3.05) is 19.8 Å². The number of hydrogen-bond acceptors (Lipinski definition) is 19. The number of benzene rings is 2. The molecule has 3 fully saturated rings. The largest absolute Gasteiger partial charge is 0.504 e. The van der Waals surface area contributed by atoms with E-state index in [2.05, 4.69) is 6.58 Å². The Morgan fingerprint density at radius 2 is 1.59 bits per heavy atom. The number of phenols is 1. The van der Waals surface area contributed by atoms with E-state index in [0.29, 0.717) is 6.42 Å². The number of ether oxygens (including phenoxy) is 9. The molecule has 4 aliphatic rings. The predicted molar refractivity (Wildman–Crippen MR) is 194 cm³/mol. The number of rotatable bonds is 13. The maximum absolute atomic E-state index is 14.8. The van der Waals surface area contributed by atoms with E-state index < -0.39 is 139 Å². The molecular weight excluding hydrogens is 784 g/mol. The Balaban J connectivity index is 1.39. The number of ketones is 1. The van der Waals surface area contributed by atoms with Crippen molar-refractivity contribution in [2.24, 2.45) is 17.8 Å². The van der Waals surface area contributed by atoms with E-state index in [9.17, 15) is 49.5 Å². The fraction of sp³-hybridized carbons (Fsp3) is 0.475. The highest BCUT2D eigenvalue weighted by atomic mass is 16.8. The van der Waals surface area contributed by atoms with Crippen molar-refractivity contribution in [1.29, 1.82) is 0 Å². The molecule has 3 saturated heterocycles. The molecule has 4 heterocycles. The number of phenolic OH excluding ortho intramolecular Hbond substituents is 1. The summed E-state index contributed by atoms with van der Waals surface area (Å²) in [5, 5.41) is 52.1. The summed E-state index contributed by atoms with van der Waals surface area (Å²) >= 11 is 0. The summed E-state index contributed by atoms with van der Waals surface area (Å²) in [5.41, 5.74) is -0.187. The van der Waals surface area contributed by atoms with Gasteiger partial charge in [-0.3, -0.25) is 14.4 Å². The van der Waals surface area contributed by atoms with E-state index in [1.807, 2.05) is 0 Å². The number of Topliss-reactive ketones (excluding diaryl/α,β-unsaturated/α-hetero) is 1. The minimum absolute atomic E-state index is 0.0552. The molecule has 0 aromatic heterocycles. The molecule has 0 unspecified atom stereocenters. The van der Waals surface area contributed by atoms with E-state index in [1.165, 1.54) is 42.7 Å². The molecule has 2 aromatic rings. The van der Waals surface area contributed by atoms with E-state index >= 15 is 0 Å². The van der Waals surface area contributed by atoms with Gasteiger partial charge in [0, 0.05) is 25.7 Å². The zero-order chi connectivity index (χ0) is 42.5. The highest BCUT2D eigenvalue weighted by molar-refractivity contribution is 6.02. The molecule has 0 spiro atoms. The molecule has 0 bridgehead atoms. The maximum Gasteiger partial charge on any atom is 0.338 e. The van der Waals surface area contributed by atoms with Gasteiger partial charge in [-0.05, 0) is 30.7 Å². The monoisotopic (exact) mass is 828 g/mol. The normalized spacial score (nSPS) is 32.8. The number of aliphatic hydroxyl groups excluding tert-OH is 4. The molecular formula is C40H44O19. The fourth-order valence-corrected chi connectivity index (χ4v) is 7.34. The second-order valence-corrected chi connectivity index (χ2v) is 14.1. The summed E-state index contributed by atoms with van der Waals surface area (Å²) in [6.45, 7) is 4.69. The van der Waals surface area contributed by atoms with Crippen molar-refractivity contribution in [1.82, 2.24) is 0 Å². The third-order valence-corrected chi connectivity index (χ3v) is 10.3. The number of fused-ring (bicyclic) bond motifs is 1. The van der Waals surface area contributed by atoms with Crippen molar-refractivity contribution in [2.45, 2.75) is 81.9 Å². The highest BCUT2D eigenvalue weighted by Crippen LogP contribution is 2.42. The van der Waals surface area contributed by atoms with Crippen LogP contribution in [-0.2, 0) is 52.3 Å². The summed E-state index contributed by atoms with van der Waals surface area (Å²) in [6.07, 6.45) is -13.5. The van der Waals surface area contributed by atoms with Gasteiger partial charge in [0.05, 0.1) is 42.1 Å². The molecule has 0 aliphatic carbocycles. The first-order valence-electron chi connectivity index (χ1n) is 18.6. The summed E-state index contributed by atoms with van der Waals surface area (Å²) in [5.74, 6) is -8.45. The standard InChI is InChI=1S/C40H44O19/c1-4-21-22-13-14-51-37(50)24(22)16-53-38(21)59-40-35(58-36(49)20-9-6-5-7-10-20)34(54-19(3)43)28(27(57-40)17-52-18(2)42)30(45)23-11-8-12-25(29(23)44)55-39-33(48)32(47)31(46)26(15-41)56-39/h4-12,16,21-22,26-28,31-35,38-41,44,46-48H,1,13-15,17H2,2-3H3/t21-,22+,26-,27-,28+,31-,32-,33-,34-,35-,38+,39-,40+/m1/s1. The Bertz CT molecular complexity index is 1910. The third kappa shape index (κ3) is 9.26. The molecule has 19 nitrogen and oxygen atoms in total. The lowest BCUT2D eigenvalue weighted by Crippen LogP contribution is -2.62. The number of carbonyl (C=O) groups excluding carboxylic acids is 5. The molecule has 318 valence electrons. The van der Waals surface area contributed by atoms with Crippen LogP contribution in [0.15, 0.2) is 73.0 Å². The van der Waals surface area contributed by atoms with Crippen molar-refractivity contribution >= 4 is 29.7 Å². The quantitative estimate of drug-likeness (QED) is 0.0793. The zero-order valence-corrected chi connectivity index (χ0v) is 31.8. The summed E-state index contributed by atoms with van der Waals surface area (Å²) in [4.78, 5) is 66.0. The van der Waals surface area contributed by atoms with Crippen LogP contribution in [0.3, 0.4) is 0 Å². The first-order valence-corrected chi connectivity index (χ1v) is 18.6. The number of aromatic hydroxyl groups is 1. The lowest BCUT2D eigenvalue weighted by Gasteiger charge is -2.46. The van der Waals surface area contributed by atoms with Crippen LogP contribution < -0.4 is 4.74 Å². The van der Waals surface area contributed by atoms with Crippen molar-refractivity contribution in [3.8, 4) is 11.5 Å². The van der Waals surface area contributed by atoms with Crippen molar-refractivity contribution < 1.29 is 92.1 Å². The topological polar surface area (TPSA) is 270 Å². The van der Waals surface area contributed by atoms with Crippen molar-refractivity contribution in [3.05, 3.63) is 84.1 Å². The van der Waals surface area contributed by atoms with E-state index in [-0.39, 0.29) is 17.7 Å². The van der Waals surface area contributed by atoms with Crippen molar-refractivity contribution in [3.63, 3.8) is 0 Å². The van der Waals surface area contributed by atoms with Crippen LogP contribution in [0.1, 0.15) is 41.0 Å². The van der Waals surface area contributed by atoms with Gasteiger partial charge in [0.1, 0.15) is 37.1 Å². The second-order valence-electron chi connectivity index (χ2n) is 14.1. The number of cyclic esters (lactones) is 1. The Labute approximate surface area is 336 Å². The van der Waals surface area contributed by atoms with Crippen LogP contribution in [0.2, 0.25) is 0 Å². The molecule has 0 radical (unpaired) electrons. The molecule has 0 amide bonds. The summed E-state index contributed by atoms with van der Waals surface area (Å²) in [7, 11) is 0. The van der Waals surface area contributed by atoms with E-state index in [1.54, 1.807) is 18.2 Å². The fourth-order valence-electron chi connectivity index (χ4n) is 7.34. The van der Waals surface area contributed by atoms with E-state index in [4.69, 9.17) is 42.6 Å². The third-order valence-electron chi connectivity index (χ3n) is 10.3. The average Bonchev–Trinajstić information content (AvgIpc) is 3.21. The van der Waals surface area contributed by atoms with Gasteiger partial charge in [-0.1, -0.05) is 30.3 Å². The summed E-state index contributed by atoms with van der Waals surface area (Å²) in [6, 6.07) is 11.3. The smallest absolute Gasteiger partial charge is 0.338 e. The second kappa shape index (κ2) is 18.7. The lowest BCUT2D eigenvalue weighted by molar-refractivity contribution is -0.328. The number of esters is 4. The Morgan fingerprint density at radius 3 is 2.27 bits per heavy atom. The Kier molecular flexibility index (Phi) is 13.7. The first-order chi connectivity index (χ1) is 28.2. The lowest BCUT2D eigenvalue weighted by atomic mass is 9.80. The molecule has 2 aromatic carbocycles.